The lowest BCUT2D eigenvalue weighted by molar-refractivity contribution is 0.0602. The van der Waals surface area contributed by atoms with Crippen molar-refractivity contribution in [1.29, 1.82) is 0 Å². The fourth-order valence-electron chi connectivity index (χ4n) is 1.81. The smallest absolute Gasteiger partial charge is 0.339 e. The van der Waals surface area contributed by atoms with Crippen molar-refractivity contribution in [2.24, 2.45) is 0 Å². The van der Waals surface area contributed by atoms with E-state index in [9.17, 15) is 18.0 Å². The lowest BCUT2D eigenvalue weighted by Gasteiger charge is -2.11. The van der Waals surface area contributed by atoms with Crippen molar-refractivity contribution in [3.8, 4) is 0 Å². The summed E-state index contributed by atoms with van der Waals surface area (Å²) in [6.07, 6.45) is 0. The molecule has 6 heteroatoms. The Labute approximate surface area is 119 Å². The molecule has 1 N–H and O–H groups in total. The molecule has 2 aromatic rings. The molecule has 0 fully saturated rings. The molecule has 21 heavy (non-hydrogen) atoms. The Morgan fingerprint density at radius 3 is 2.48 bits per heavy atom. The van der Waals surface area contributed by atoms with Crippen LogP contribution in [0.2, 0.25) is 0 Å². The molecule has 0 bridgehead atoms. The number of methoxy groups -OCH3 is 1. The molecule has 0 aromatic heterocycles. The van der Waals surface area contributed by atoms with Gasteiger partial charge >= 0.3 is 5.97 Å². The molecular formula is C15H12F3NO2. The molecule has 0 spiro atoms. The van der Waals surface area contributed by atoms with Gasteiger partial charge in [-0.2, -0.15) is 0 Å². The monoisotopic (exact) mass is 295 g/mol. The van der Waals surface area contributed by atoms with E-state index in [4.69, 9.17) is 0 Å². The molecule has 0 aliphatic heterocycles. The first-order valence-electron chi connectivity index (χ1n) is 6.07. The molecular weight excluding hydrogens is 283 g/mol. The number of carbonyl (C=O) groups excluding carboxylic acids is 1. The van der Waals surface area contributed by atoms with Crippen LogP contribution in [0.3, 0.4) is 0 Å². The number of benzene rings is 2. The Morgan fingerprint density at radius 2 is 1.76 bits per heavy atom. The lowest BCUT2D eigenvalue weighted by Crippen LogP contribution is -2.09. The van der Waals surface area contributed by atoms with Gasteiger partial charge in [0.05, 0.1) is 12.7 Å². The largest absolute Gasteiger partial charge is 0.465 e. The van der Waals surface area contributed by atoms with Gasteiger partial charge in [0.1, 0.15) is 5.82 Å². The molecule has 0 amide bonds. The van der Waals surface area contributed by atoms with Crippen LogP contribution in [-0.4, -0.2) is 13.1 Å². The van der Waals surface area contributed by atoms with E-state index in [-0.39, 0.29) is 17.7 Å². The number of nitrogens with one attached hydrogen (secondary N) is 1. The minimum absolute atomic E-state index is 0.0476. The lowest BCUT2D eigenvalue weighted by atomic mass is 10.1. The molecule has 0 aliphatic carbocycles. The quantitative estimate of drug-likeness (QED) is 0.693. The summed E-state index contributed by atoms with van der Waals surface area (Å²) in [5.74, 6) is -3.79. The van der Waals surface area contributed by atoms with E-state index in [0.717, 1.165) is 6.07 Å². The van der Waals surface area contributed by atoms with Crippen molar-refractivity contribution < 1.29 is 22.7 Å². The van der Waals surface area contributed by atoms with Crippen LogP contribution < -0.4 is 5.32 Å². The highest BCUT2D eigenvalue weighted by molar-refractivity contribution is 5.95. The number of esters is 1. The highest BCUT2D eigenvalue weighted by atomic mass is 19.2. The Balaban J connectivity index is 2.21. The number of para-hydroxylation sites is 1. The van der Waals surface area contributed by atoms with E-state index < -0.39 is 23.4 Å². The average Bonchev–Trinajstić information content (AvgIpc) is 2.49. The molecule has 0 aliphatic rings. The summed E-state index contributed by atoms with van der Waals surface area (Å²) in [6.45, 7) is -0.100. The second-order valence-corrected chi connectivity index (χ2v) is 4.25. The van der Waals surface area contributed by atoms with Crippen molar-refractivity contribution in [3.63, 3.8) is 0 Å². The first-order valence-corrected chi connectivity index (χ1v) is 6.07. The summed E-state index contributed by atoms with van der Waals surface area (Å²) < 4.78 is 44.1. The number of ether oxygens (including phenoxy) is 1. The predicted octanol–water partition coefficient (Wildman–Crippen LogP) is 3.50. The van der Waals surface area contributed by atoms with Gasteiger partial charge in [-0.25, -0.2) is 18.0 Å². The standard InChI is InChI=1S/C15H12F3NO2/c1-21-15(20)10-4-2-3-5-14(10)19-8-9-6-12(17)13(18)7-11(9)16/h2-7,19H,8H2,1H3. The second-order valence-electron chi connectivity index (χ2n) is 4.25. The maximum Gasteiger partial charge on any atom is 0.339 e. The zero-order valence-corrected chi connectivity index (χ0v) is 11.1. The Bertz CT molecular complexity index is 674. The zero-order valence-electron chi connectivity index (χ0n) is 11.1. The summed E-state index contributed by atoms with van der Waals surface area (Å²) in [4.78, 5) is 11.6. The van der Waals surface area contributed by atoms with Crippen molar-refractivity contribution in [2.75, 3.05) is 12.4 Å². The van der Waals surface area contributed by atoms with Crippen molar-refractivity contribution in [2.45, 2.75) is 6.54 Å². The molecule has 3 nitrogen and oxygen atoms in total. The van der Waals surface area contributed by atoms with Crippen molar-refractivity contribution in [3.05, 3.63) is 65.0 Å². The Kier molecular flexibility index (Phi) is 4.47. The zero-order chi connectivity index (χ0) is 15.4. The average molecular weight is 295 g/mol. The van der Waals surface area contributed by atoms with Crippen LogP contribution in [-0.2, 0) is 11.3 Å². The first kappa shape index (κ1) is 14.9. The van der Waals surface area contributed by atoms with Crippen LogP contribution in [0.5, 0.6) is 0 Å². The van der Waals surface area contributed by atoms with Gasteiger partial charge in [-0.05, 0) is 18.2 Å². The van der Waals surface area contributed by atoms with E-state index >= 15 is 0 Å². The minimum Gasteiger partial charge on any atom is -0.465 e. The number of hydrogen-bond donors (Lipinski definition) is 1. The number of rotatable bonds is 4. The highest BCUT2D eigenvalue weighted by Crippen LogP contribution is 2.19. The molecule has 0 saturated carbocycles. The normalized spacial score (nSPS) is 10.3. The Morgan fingerprint density at radius 1 is 1.10 bits per heavy atom. The molecule has 2 aromatic carbocycles. The molecule has 0 radical (unpaired) electrons. The van der Waals surface area contributed by atoms with Gasteiger partial charge in [0, 0.05) is 23.9 Å². The molecule has 0 atom stereocenters. The van der Waals surface area contributed by atoms with Gasteiger partial charge in [0.25, 0.3) is 0 Å². The third-order valence-electron chi connectivity index (χ3n) is 2.89. The number of anilines is 1. The molecule has 0 unspecified atom stereocenters. The van der Waals surface area contributed by atoms with Crippen molar-refractivity contribution >= 4 is 11.7 Å². The minimum atomic E-state index is -1.24. The van der Waals surface area contributed by atoms with Gasteiger partial charge < -0.3 is 10.1 Å². The second kappa shape index (κ2) is 6.30. The summed E-state index contributed by atoms with van der Waals surface area (Å²) in [5, 5.41) is 2.80. The van der Waals surface area contributed by atoms with Crippen LogP contribution in [0, 0.1) is 17.5 Å². The van der Waals surface area contributed by atoms with Crippen LogP contribution in [0.1, 0.15) is 15.9 Å². The number of hydrogen-bond acceptors (Lipinski definition) is 3. The molecule has 0 saturated heterocycles. The molecule has 110 valence electrons. The van der Waals surface area contributed by atoms with Crippen LogP contribution in [0.15, 0.2) is 36.4 Å². The van der Waals surface area contributed by atoms with Crippen LogP contribution >= 0.6 is 0 Å². The van der Waals surface area contributed by atoms with E-state index in [1.54, 1.807) is 18.2 Å². The van der Waals surface area contributed by atoms with Gasteiger partial charge in [-0.15, -0.1) is 0 Å². The topological polar surface area (TPSA) is 38.3 Å². The summed E-state index contributed by atoms with van der Waals surface area (Å²) in [5.41, 5.74) is 0.630. The van der Waals surface area contributed by atoms with E-state index in [2.05, 4.69) is 10.1 Å². The van der Waals surface area contributed by atoms with E-state index in [1.165, 1.54) is 13.2 Å². The summed E-state index contributed by atoms with van der Waals surface area (Å²) in [6, 6.07) is 7.72. The van der Waals surface area contributed by atoms with Crippen LogP contribution in [0.4, 0.5) is 18.9 Å². The predicted molar refractivity (Wildman–Crippen MR) is 71.4 cm³/mol. The summed E-state index contributed by atoms with van der Waals surface area (Å²) in [7, 11) is 1.24. The molecule has 2 rings (SSSR count). The van der Waals surface area contributed by atoms with E-state index in [0.29, 0.717) is 11.8 Å². The maximum absolute atomic E-state index is 13.5. The van der Waals surface area contributed by atoms with Crippen molar-refractivity contribution in [1.82, 2.24) is 0 Å². The van der Waals surface area contributed by atoms with Gasteiger partial charge in [0.2, 0.25) is 0 Å². The third-order valence-corrected chi connectivity index (χ3v) is 2.89. The third kappa shape index (κ3) is 3.34. The van der Waals surface area contributed by atoms with E-state index in [1.807, 2.05) is 0 Å². The summed E-state index contributed by atoms with van der Waals surface area (Å²) >= 11 is 0. The molecule has 0 heterocycles. The van der Waals surface area contributed by atoms with Gasteiger partial charge in [-0.1, -0.05) is 12.1 Å². The SMILES string of the molecule is COC(=O)c1ccccc1NCc1cc(F)c(F)cc1F. The number of halogens is 3. The van der Waals surface area contributed by atoms with Gasteiger partial charge in [0.15, 0.2) is 11.6 Å². The Hall–Kier alpha value is -2.50. The fraction of sp³-hybridized carbons (Fsp3) is 0.133. The maximum atomic E-state index is 13.5. The fourth-order valence-corrected chi connectivity index (χ4v) is 1.81. The number of carbonyl (C=O) groups is 1. The van der Waals surface area contributed by atoms with Gasteiger partial charge in [-0.3, -0.25) is 0 Å². The first-order chi connectivity index (χ1) is 10.0. The van der Waals surface area contributed by atoms with Crippen LogP contribution in [0.25, 0.3) is 0 Å². The highest BCUT2D eigenvalue weighted by Gasteiger charge is 2.13.